The SMILES string of the molecule is CCn1cc(C(=O)NC(C)CC(C)C)c(=O)[nH]1. The number of amides is 1. The van der Waals surface area contributed by atoms with Crippen molar-refractivity contribution in [3.63, 3.8) is 0 Å². The van der Waals surface area contributed by atoms with E-state index in [-0.39, 0.29) is 23.1 Å². The largest absolute Gasteiger partial charge is 0.349 e. The predicted molar refractivity (Wildman–Crippen MR) is 67.1 cm³/mol. The van der Waals surface area contributed by atoms with Crippen LogP contribution in [0.2, 0.25) is 0 Å². The zero-order chi connectivity index (χ0) is 13.0. The first-order valence-corrected chi connectivity index (χ1v) is 6.04. The Bertz CT molecular complexity index is 431. The summed E-state index contributed by atoms with van der Waals surface area (Å²) in [5.74, 6) is 0.218. The molecule has 0 aliphatic heterocycles. The fourth-order valence-electron chi connectivity index (χ4n) is 1.84. The number of aromatic nitrogens is 2. The molecule has 0 aromatic carbocycles. The summed E-state index contributed by atoms with van der Waals surface area (Å²) in [5.41, 5.74) is -0.149. The van der Waals surface area contributed by atoms with Gasteiger partial charge in [-0.3, -0.25) is 19.4 Å². The molecule has 1 atom stereocenters. The minimum absolute atomic E-state index is 0.0758. The summed E-state index contributed by atoms with van der Waals surface area (Å²) < 4.78 is 1.60. The molecule has 2 N–H and O–H groups in total. The first-order valence-electron chi connectivity index (χ1n) is 6.04. The summed E-state index contributed by atoms with van der Waals surface area (Å²) in [4.78, 5) is 23.3. The van der Waals surface area contributed by atoms with E-state index in [9.17, 15) is 9.59 Å². The molecular weight excluding hydrogens is 218 g/mol. The van der Waals surface area contributed by atoms with E-state index in [0.717, 1.165) is 6.42 Å². The maximum absolute atomic E-state index is 11.8. The van der Waals surface area contributed by atoms with Gasteiger partial charge >= 0.3 is 0 Å². The number of rotatable bonds is 5. The number of hydrogen-bond acceptors (Lipinski definition) is 2. The van der Waals surface area contributed by atoms with Crippen molar-refractivity contribution in [3.05, 3.63) is 22.1 Å². The lowest BCUT2D eigenvalue weighted by Crippen LogP contribution is -2.35. The number of aromatic amines is 1. The zero-order valence-electron chi connectivity index (χ0n) is 10.9. The van der Waals surface area contributed by atoms with E-state index >= 15 is 0 Å². The normalized spacial score (nSPS) is 12.8. The molecule has 17 heavy (non-hydrogen) atoms. The van der Waals surface area contributed by atoms with Crippen LogP contribution < -0.4 is 10.9 Å². The Morgan fingerprint density at radius 1 is 1.47 bits per heavy atom. The van der Waals surface area contributed by atoms with Crippen molar-refractivity contribution < 1.29 is 4.79 Å². The molecule has 0 spiro atoms. The quantitative estimate of drug-likeness (QED) is 0.814. The smallest absolute Gasteiger partial charge is 0.276 e. The van der Waals surface area contributed by atoms with Crippen LogP contribution >= 0.6 is 0 Å². The van der Waals surface area contributed by atoms with Crippen LogP contribution in [0.4, 0.5) is 0 Å². The average molecular weight is 239 g/mol. The number of carbonyl (C=O) groups excluding carboxylic acids is 1. The van der Waals surface area contributed by atoms with E-state index in [1.165, 1.54) is 0 Å². The van der Waals surface area contributed by atoms with Crippen LogP contribution in [0.5, 0.6) is 0 Å². The van der Waals surface area contributed by atoms with Crippen LogP contribution in [0.25, 0.3) is 0 Å². The van der Waals surface area contributed by atoms with Crippen LogP contribution in [0.15, 0.2) is 11.0 Å². The molecule has 5 nitrogen and oxygen atoms in total. The fraction of sp³-hybridized carbons (Fsp3) is 0.667. The van der Waals surface area contributed by atoms with Gasteiger partial charge in [0.25, 0.3) is 11.5 Å². The van der Waals surface area contributed by atoms with Crippen molar-refractivity contribution in [2.24, 2.45) is 5.92 Å². The maximum atomic E-state index is 11.8. The molecule has 0 saturated carbocycles. The number of aryl methyl sites for hydroxylation is 1. The van der Waals surface area contributed by atoms with Crippen LogP contribution in [-0.4, -0.2) is 21.7 Å². The van der Waals surface area contributed by atoms with E-state index < -0.39 is 0 Å². The van der Waals surface area contributed by atoms with Gasteiger partial charge in [-0.1, -0.05) is 13.8 Å². The summed E-state index contributed by atoms with van der Waals surface area (Å²) in [5, 5.41) is 5.42. The summed E-state index contributed by atoms with van der Waals surface area (Å²) in [6.07, 6.45) is 2.46. The van der Waals surface area contributed by atoms with E-state index in [2.05, 4.69) is 24.3 Å². The van der Waals surface area contributed by atoms with Crippen LogP contribution in [0.1, 0.15) is 44.5 Å². The molecule has 0 radical (unpaired) electrons. The maximum Gasteiger partial charge on any atom is 0.276 e. The van der Waals surface area contributed by atoms with Crippen molar-refractivity contribution in [1.29, 1.82) is 0 Å². The first kappa shape index (κ1) is 13.5. The second kappa shape index (κ2) is 5.70. The monoisotopic (exact) mass is 239 g/mol. The summed E-state index contributed by atoms with van der Waals surface area (Å²) in [6.45, 7) is 8.69. The minimum Gasteiger partial charge on any atom is -0.349 e. The number of nitrogens with zero attached hydrogens (tertiary/aromatic N) is 1. The molecule has 1 amide bonds. The average Bonchev–Trinajstić information content (AvgIpc) is 2.58. The lowest BCUT2D eigenvalue weighted by molar-refractivity contribution is 0.0935. The van der Waals surface area contributed by atoms with Crippen molar-refractivity contribution in [2.45, 2.75) is 46.7 Å². The Kier molecular flexibility index (Phi) is 4.54. The van der Waals surface area contributed by atoms with Gasteiger partial charge in [0.15, 0.2) is 0 Å². The van der Waals surface area contributed by atoms with Crippen LogP contribution in [-0.2, 0) is 6.54 Å². The van der Waals surface area contributed by atoms with Gasteiger partial charge in [0.2, 0.25) is 0 Å². The number of nitrogens with one attached hydrogen (secondary N) is 2. The Morgan fingerprint density at radius 3 is 2.59 bits per heavy atom. The third kappa shape index (κ3) is 3.76. The van der Waals surface area contributed by atoms with Gasteiger partial charge in [0.1, 0.15) is 5.56 Å². The van der Waals surface area contributed by atoms with Gasteiger partial charge in [0, 0.05) is 18.8 Å². The number of carbonyl (C=O) groups is 1. The Hall–Kier alpha value is -1.52. The molecule has 0 saturated heterocycles. The van der Waals surface area contributed by atoms with Gasteiger partial charge < -0.3 is 5.32 Å². The van der Waals surface area contributed by atoms with E-state index in [0.29, 0.717) is 12.5 Å². The van der Waals surface area contributed by atoms with Crippen molar-refractivity contribution in [1.82, 2.24) is 15.1 Å². The number of H-pyrrole nitrogens is 1. The van der Waals surface area contributed by atoms with Crippen molar-refractivity contribution >= 4 is 5.91 Å². The van der Waals surface area contributed by atoms with Gasteiger partial charge in [0.05, 0.1) is 0 Å². The molecule has 0 fully saturated rings. The standard InChI is InChI=1S/C12H21N3O2/c1-5-15-7-10(12(17)14-15)11(16)13-9(4)6-8(2)3/h7-9H,5-6H2,1-4H3,(H,13,16)(H,14,17). The predicted octanol–water partition coefficient (Wildman–Crippen LogP) is 1.36. The van der Waals surface area contributed by atoms with Gasteiger partial charge in [-0.15, -0.1) is 0 Å². The molecule has 96 valence electrons. The zero-order valence-corrected chi connectivity index (χ0v) is 10.9. The molecule has 1 aromatic heterocycles. The molecular formula is C12H21N3O2. The summed E-state index contributed by atoms with van der Waals surface area (Å²) in [7, 11) is 0. The second-order valence-corrected chi connectivity index (χ2v) is 4.77. The Morgan fingerprint density at radius 2 is 2.12 bits per heavy atom. The highest BCUT2D eigenvalue weighted by Crippen LogP contribution is 2.04. The lowest BCUT2D eigenvalue weighted by Gasteiger charge is -2.14. The van der Waals surface area contributed by atoms with Crippen molar-refractivity contribution in [3.8, 4) is 0 Å². The third-order valence-corrected chi connectivity index (χ3v) is 2.56. The topological polar surface area (TPSA) is 66.9 Å². The molecule has 1 unspecified atom stereocenters. The molecule has 1 rings (SSSR count). The van der Waals surface area contributed by atoms with Crippen LogP contribution in [0, 0.1) is 5.92 Å². The summed E-state index contributed by atoms with van der Waals surface area (Å²) >= 11 is 0. The first-order chi connectivity index (χ1) is 7.93. The third-order valence-electron chi connectivity index (χ3n) is 2.56. The van der Waals surface area contributed by atoms with E-state index in [4.69, 9.17) is 0 Å². The van der Waals surface area contributed by atoms with Crippen molar-refractivity contribution in [2.75, 3.05) is 0 Å². The van der Waals surface area contributed by atoms with E-state index in [1.54, 1.807) is 10.9 Å². The molecule has 5 heteroatoms. The molecule has 1 aromatic rings. The lowest BCUT2D eigenvalue weighted by atomic mass is 10.1. The molecule has 0 aliphatic rings. The Balaban J connectivity index is 2.69. The Labute approximate surface area is 101 Å². The van der Waals surface area contributed by atoms with Gasteiger partial charge in [-0.25, -0.2) is 0 Å². The second-order valence-electron chi connectivity index (χ2n) is 4.77. The van der Waals surface area contributed by atoms with Gasteiger partial charge in [-0.2, -0.15) is 0 Å². The molecule has 0 bridgehead atoms. The molecule has 0 aliphatic carbocycles. The molecule has 1 heterocycles. The highest BCUT2D eigenvalue weighted by Gasteiger charge is 2.15. The fourth-order valence-corrected chi connectivity index (χ4v) is 1.84. The van der Waals surface area contributed by atoms with E-state index in [1.807, 2.05) is 13.8 Å². The number of hydrogen-bond donors (Lipinski definition) is 2. The van der Waals surface area contributed by atoms with Gasteiger partial charge in [-0.05, 0) is 26.2 Å². The highest BCUT2D eigenvalue weighted by molar-refractivity contribution is 5.93. The highest BCUT2D eigenvalue weighted by atomic mass is 16.2. The van der Waals surface area contributed by atoms with Crippen LogP contribution in [0.3, 0.4) is 0 Å². The minimum atomic E-state index is -0.332. The summed E-state index contributed by atoms with van der Waals surface area (Å²) in [6, 6.07) is 0.0758.